The molecule has 2 aromatic heterocycles. The van der Waals surface area contributed by atoms with Gasteiger partial charge in [0.15, 0.2) is 0 Å². The quantitative estimate of drug-likeness (QED) is 0.697. The summed E-state index contributed by atoms with van der Waals surface area (Å²) in [6.45, 7) is 0. The second kappa shape index (κ2) is 2.81. The second-order valence-corrected chi connectivity index (χ2v) is 2.28. The van der Waals surface area contributed by atoms with E-state index in [1.165, 1.54) is 12.1 Å². The maximum atomic E-state index is 12.4. The Morgan fingerprint density at radius 1 is 1.46 bits per heavy atom. The lowest BCUT2D eigenvalue weighted by molar-refractivity contribution is 0.524. The van der Waals surface area contributed by atoms with Crippen LogP contribution in [0, 0.1) is 5.82 Å². The van der Waals surface area contributed by atoms with E-state index >= 15 is 0 Å². The van der Waals surface area contributed by atoms with Crippen molar-refractivity contribution < 1.29 is 8.81 Å². The first kappa shape index (κ1) is 7.66. The molecule has 0 amide bonds. The standard InChI is InChI=1S/C7H4FN3O2/c8-4-1-2-5(9-3-4)6-10-11-7(12)13-6/h1-3H,(H,11,12). The van der Waals surface area contributed by atoms with Crippen LogP contribution < -0.4 is 5.76 Å². The van der Waals surface area contributed by atoms with Crippen molar-refractivity contribution in [2.75, 3.05) is 0 Å². The molecule has 0 aromatic carbocycles. The van der Waals surface area contributed by atoms with Gasteiger partial charge in [0, 0.05) is 0 Å². The van der Waals surface area contributed by atoms with Gasteiger partial charge < -0.3 is 4.42 Å². The van der Waals surface area contributed by atoms with Gasteiger partial charge in [-0.15, -0.1) is 5.10 Å². The van der Waals surface area contributed by atoms with Gasteiger partial charge in [-0.25, -0.2) is 19.3 Å². The number of aromatic amines is 1. The Morgan fingerprint density at radius 3 is 2.85 bits per heavy atom. The average molecular weight is 181 g/mol. The minimum absolute atomic E-state index is 0.0463. The summed E-state index contributed by atoms with van der Waals surface area (Å²) in [5.74, 6) is -1.08. The van der Waals surface area contributed by atoms with Gasteiger partial charge in [0.25, 0.3) is 5.89 Å². The van der Waals surface area contributed by atoms with E-state index in [0.29, 0.717) is 5.69 Å². The largest absolute Gasteiger partial charge is 0.434 e. The summed E-state index contributed by atoms with van der Waals surface area (Å²) in [4.78, 5) is 14.2. The number of hydrogen-bond acceptors (Lipinski definition) is 4. The summed E-state index contributed by atoms with van der Waals surface area (Å²) < 4.78 is 17.0. The smallest absolute Gasteiger partial charge is 0.386 e. The third kappa shape index (κ3) is 1.46. The highest BCUT2D eigenvalue weighted by Gasteiger charge is 2.05. The zero-order valence-electron chi connectivity index (χ0n) is 6.32. The summed E-state index contributed by atoms with van der Waals surface area (Å²) in [5.41, 5.74) is 0.305. The summed E-state index contributed by atoms with van der Waals surface area (Å²) in [5, 5.41) is 5.60. The number of rotatable bonds is 1. The molecule has 66 valence electrons. The van der Waals surface area contributed by atoms with Crippen LogP contribution in [0.2, 0.25) is 0 Å². The monoisotopic (exact) mass is 181 g/mol. The molecule has 2 rings (SSSR count). The first-order valence-corrected chi connectivity index (χ1v) is 3.43. The van der Waals surface area contributed by atoms with Gasteiger partial charge in [0.1, 0.15) is 11.5 Å². The predicted molar refractivity (Wildman–Crippen MR) is 40.3 cm³/mol. The topological polar surface area (TPSA) is 71.8 Å². The first-order chi connectivity index (χ1) is 6.25. The van der Waals surface area contributed by atoms with Crippen molar-refractivity contribution in [2.24, 2.45) is 0 Å². The fraction of sp³-hybridized carbons (Fsp3) is 0. The molecule has 5 nitrogen and oxygen atoms in total. The highest BCUT2D eigenvalue weighted by Crippen LogP contribution is 2.10. The third-order valence-corrected chi connectivity index (χ3v) is 1.38. The molecule has 0 saturated heterocycles. The molecule has 0 aliphatic carbocycles. The Labute approximate surface area is 71.2 Å². The maximum absolute atomic E-state index is 12.4. The molecule has 2 aromatic rings. The summed E-state index contributed by atoms with van der Waals surface area (Å²) in [7, 11) is 0. The van der Waals surface area contributed by atoms with Gasteiger partial charge in [0.05, 0.1) is 6.20 Å². The molecule has 0 bridgehead atoms. The maximum Gasteiger partial charge on any atom is 0.434 e. The Bertz CT molecular complexity index is 459. The predicted octanol–water partition coefficient (Wildman–Crippen LogP) is 0.564. The minimum Gasteiger partial charge on any atom is -0.386 e. The van der Waals surface area contributed by atoms with Crippen molar-refractivity contribution in [1.82, 2.24) is 15.2 Å². The van der Waals surface area contributed by atoms with E-state index in [-0.39, 0.29) is 5.89 Å². The highest BCUT2D eigenvalue weighted by atomic mass is 19.1. The van der Waals surface area contributed by atoms with Crippen LogP contribution in [0.25, 0.3) is 11.6 Å². The van der Waals surface area contributed by atoms with Crippen LogP contribution in [0.4, 0.5) is 4.39 Å². The van der Waals surface area contributed by atoms with Crippen LogP contribution in [0.15, 0.2) is 27.5 Å². The molecular weight excluding hydrogens is 177 g/mol. The van der Waals surface area contributed by atoms with E-state index in [2.05, 4.69) is 19.6 Å². The molecule has 0 fully saturated rings. The number of pyridine rings is 1. The van der Waals surface area contributed by atoms with Crippen LogP contribution in [0.1, 0.15) is 0 Å². The third-order valence-electron chi connectivity index (χ3n) is 1.38. The van der Waals surface area contributed by atoms with Crippen molar-refractivity contribution >= 4 is 0 Å². The fourth-order valence-corrected chi connectivity index (χ4v) is 0.842. The van der Waals surface area contributed by atoms with Gasteiger partial charge in [-0.2, -0.15) is 0 Å². The summed E-state index contributed by atoms with van der Waals surface area (Å²) >= 11 is 0. The van der Waals surface area contributed by atoms with E-state index < -0.39 is 11.6 Å². The summed E-state index contributed by atoms with van der Waals surface area (Å²) in [6, 6.07) is 2.57. The lowest BCUT2D eigenvalue weighted by atomic mass is 10.3. The van der Waals surface area contributed by atoms with Crippen LogP contribution in [-0.2, 0) is 0 Å². The van der Waals surface area contributed by atoms with E-state index in [9.17, 15) is 9.18 Å². The fourth-order valence-electron chi connectivity index (χ4n) is 0.842. The van der Waals surface area contributed by atoms with Crippen LogP contribution in [0.5, 0.6) is 0 Å². The number of halogens is 1. The zero-order chi connectivity index (χ0) is 9.26. The molecule has 2 heterocycles. The van der Waals surface area contributed by atoms with Gasteiger partial charge in [-0.05, 0) is 12.1 Å². The molecule has 0 atom stereocenters. The second-order valence-electron chi connectivity index (χ2n) is 2.28. The molecule has 13 heavy (non-hydrogen) atoms. The van der Waals surface area contributed by atoms with Gasteiger partial charge >= 0.3 is 5.76 Å². The van der Waals surface area contributed by atoms with Crippen LogP contribution in [0.3, 0.4) is 0 Å². The van der Waals surface area contributed by atoms with Crippen molar-refractivity contribution in [2.45, 2.75) is 0 Å². The Morgan fingerprint density at radius 2 is 2.31 bits per heavy atom. The van der Waals surface area contributed by atoms with Gasteiger partial charge in [0.2, 0.25) is 0 Å². The normalized spacial score (nSPS) is 10.2. The average Bonchev–Trinajstić information content (AvgIpc) is 2.53. The number of H-pyrrole nitrogens is 1. The van der Waals surface area contributed by atoms with Crippen molar-refractivity contribution in [3.8, 4) is 11.6 Å². The molecule has 0 aliphatic rings. The molecular formula is C7H4FN3O2. The van der Waals surface area contributed by atoms with Crippen LogP contribution >= 0.6 is 0 Å². The van der Waals surface area contributed by atoms with Crippen molar-refractivity contribution in [3.63, 3.8) is 0 Å². The molecule has 6 heteroatoms. The van der Waals surface area contributed by atoms with Crippen molar-refractivity contribution in [3.05, 3.63) is 34.7 Å². The zero-order valence-corrected chi connectivity index (χ0v) is 6.32. The number of hydrogen-bond donors (Lipinski definition) is 1. The molecule has 0 spiro atoms. The van der Waals surface area contributed by atoms with Crippen LogP contribution in [-0.4, -0.2) is 15.2 Å². The number of aromatic nitrogens is 3. The molecule has 0 aliphatic heterocycles. The SMILES string of the molecule is O=c1[nH]nc(-c2ccc(F)cn2)o1. The minimum atomic E-state index is -0.666. The first-order valence-electron chi connectivity index (χ1n) is 3.43. The molecule has 0 radical (unpaired) electrons. The number of nitrogens with one attached hydrogen (secondary N) is 1. The van der Waals surface area contributed by atoms with E-state index in [0.717, 1.165) is 6.20 Å². The van der Waals surface area contributed by atoms with Gasteiger partial charge in [-0.1, -0.05) is 0 Å². The molecule has 0 saturated carbocycles. The van der Waals surface area contributed by atoms with Gasteiger partial charge in [-0.3, -0.25) is 0 Å². The van der Waals surface area contributed by atoms with E-state index in [4.69, 9.17) is 0 Å². The van der Waals surface area contributed by atoms with Crippen molar-refractivity contribution in [1.29, 1.82) is 0 Å². The number of nitrogens with zero attached hydrogens (tertiary/aromatic N) is 2. The Hall–Kier alpha value is -1.98. The summed E-state index contributed by atoms with van der Waals surface area (Å²) in [6.07, 6.45) is 1.02. The highest BCUT2D eigenvalue weighted by molar-refractivity contribution is 5.44. The van der Waals surface area contributed by atoms with E-state index in [1.54, 1.807) is 0 Å². The van der Waals surface area contributed by atoms with E-state index in [1.807, 2.05) is 0 Å². The lowest BCUT2D eigenvalue weighted by Crippen LogP contribution is -1.93. The Balaban J connectivity index is 2.47. The molecule has 1 N–H and O–H groups in total. The lowest BCUT2D eigenvalue weighted by Gasteiger charge is -1.90. The Kier molecular flexibility index (Phi) is 1.66. The molecule has 0 unspecified atom stereocenters.